The van der Waals surface area contributed by atoms with E-state index in [0.29, 0.717) is 5.56 Å². The first-order chi connectivity index (χ1) is 5.61. The number of hydrogen-bond donors (Lipinski definition) is 1. The highest BCUT2D eigenvalue weighted by atomic mass is 19.3. The van der Waals surface area contributed by atoms with Crippen molar-refractivity contribution in [1.29, 1.82) is 0 Å². The molecule has 1 N–H and O–H groups in total. The first kappa shape index (κ1) is 9.06. The number of aliphatic hydroxyl groups is 1. The molecule has 0 aliphatic carbocycles. The molecule has 0 radical (unpaired) electrons. The van der Waals surface area contributed by atoms with Crippen molar-refractivity contribution in [2.45, 2.75) is 19.5 Å². The van der Waals surface area contributed by atoms with Crippen molar-refractivity contribution >= 4 is 0 Å². The molecule has 1 heterocycles. The van der Waals surface area contributed by atoms with Gasteiger partial charge in [0.25, 0.3) is 6.43 Å². The maximum atomic E-state index is 12.0. The summed E-state index contributed by atoms with van der Waals surface area (Å²) in [6.07, 6.45) is -1.95. The predicted molar refractivity (Wildman–Crippen MR) is 39.8 cm³/mol. The number of rotatable bonds is 2. The summed E-state index contributed by atoms with van der Waals surface area (Å²) < 4.78 is 23.9. The molecule has 0 saturated heterocycles. The highest BCUT2D eigenvalue weighted by Gasteiger charge is 2.08. The quantitative estimate of drug-likeness (QED) is 0.742. The van der Waals surface area contributed by atoms with Gasteiger partial charge in [-0.05, 0) is 18.6 Å². The van der Waals surface area contributed by atoms with Gasteiger partial charge >= 0.3 is 0 Å². The van der Waals surface area contributed by atoms with Gasteiger partial charge in [-0.3, -0.25) is 4.98 Å². The van der Waals surface area contributed by atoms with Crippen LogP contribution < -0.4 is 0 Å². The van der Waals surface area contributed by atoms with Gasteiger partial charge in [0.15, 0.2) is 0 Å². The van der Waals surface area contributed by atoms with Gasteiger partial charge in [-0.25, -0.2) is 8.78 Å². The molecule has 0 aliphatic heterocycles. The zero-order valence-electron chi connectivity index (χ0n) is 6.54. The first-order valence-electron chi connectivity index (χ1n) is 3.53. The molecule has 66 valence electrons. The van der Waals surface area contributed by atoms with E-state index in [2.05, 4.69) is 4.98 Å². The topological polar surface area (TPSA) is 33.1 Å². The van der Waals surface area contributed by atoms with E-state index in [1.54, 1.807) is 6.92 Å². The Morgan fingerprint density at radius 2 is 2.08 bits per heavy atom. The molecule has 0 aromatic carbocycles. The summed E-state index contributed by atoms with van der Waals surface area (Å²) in [6.45, 7) is 1.55. The van der Waals surface area contributed by atoms with E-state index in [1.807, 2.05) is 0 Å². The lowest BCUT2D eigenvalue weighted by molar-refractivity contribution is 0.145. The number of pyridine rings is 1. The Bertz CT molecular complexity index is 219. The van der Waals surface area contributed by atoms with E-state index in [4.69, 9.17) is 5.11 Å². The van der Waals surface area contributed by atoms with Crippen molar-refractivity contribution < 1.29 is 13.9 Å². The lowest BCUT2D eigenvalue weighted by Gasteiger charge is -2.04. The molecule has 0 spiro atoms. The first-order valence-corrected chi connectivity index (χ1v) is 3.53. The largest absolute Gasteiger partial charge is 0.389 e. The minimum atomic E-state index is -2.55. The molecule has 0 aliphatic rings. The lowest BCUT2D eigenvalue weighted by atomic mass is 10.2. The SMILES string of the molecule is CC(O)c1ccc(C(F)F)nc1. The smallest absolute Gasteiger partial charge is 0.280 e. The molecule has 0 fully saturated rings. The fraction of sp³-hybridized carbons (Fsp3) is 0.375. The normalized spacial score (nSPS) is 13.4. The van der Waals surface area contributed by atoms with Crippen LogP contribution in [0.2, 0.25) is 0 Å². The van der Waals surface area contributed by atoms with Crippen molar-refractivity contribution in [3.8, 4) is 0 Å². The monoisotopic (exact) mass is 173 g/mol. The second-order valence-corrected chi connectivity index (χ2v) is 2.49. The molecule has 1 unspecified atom stereocenters. The van der Waals surface area contributed by atoms with Crippen LogP contribution in [0.1, 0.15) is 30.7 Å². The van der Waals surface area contributed by atoms with Crippen LogP contribution in [0.4, 0.5) is 8.78 Å². The van der Waals surface area contributed by atoms with Crippen molar-refractivity contribution in [3.63, 3.8) is 0 Å². The van der Waals surface area contributed by atoms with Crippen molar-refractivity contribution in [2.24, 2.45) is 0 Å². The van der Waals surface area contributed by atoms with E-state index < -0.39 is 12.5 Å². The highest BCUT2D eigenvalue weighted by Crippen LogP contribution is 2.17. The Hall–Kier alpha value is -1.03. The summed E-state index contributed by atoms with van der Waals surface area (Å²) in [7, 11) is 0. The number of aromatic nitrogens is 1. The van der Waals surface area contributed by atoms with Crippen LogP contribution in [0.15, 0.2) is 18.3 Å². The maximum Gasteiger partial charge on any atom is 0.280 e. The Morgan fingerprint density at radius 3 is 2.42 bits per heavy atom. The number of nitrogens with zero attached hydrogens (tertiary/aromatic N) is 1. The Kier molecular flexibility index (Phi) is 2.70. The molecular formula is C8H9F2NO. The number of hydrogen-bond acceptors (Lipinski definition) is 2. The third-order valence-electron chi connectivity index (χ3n) is 1.52. The van der Waals surface area contributed by atoms with Gasteiger partial charge < -0.3 is 5.11 Å². The van der Waals surface area contributed by atoms with Crippen molar-refractivity contribution in [3.05, 3.63) is 29.6 Å². The van der Waals surface area contributed by atoms with Crippen LogP contribution >= 0.6 is 0 Å². The molecule has 1 rings (SSSR count). The van der Waals surface area contributed by atoms with Crippen LogP contribution in [0.25, 0.3) is 0 Å². The van der Waals surface area contributed by atoms with Gasteiger partial charge in [0.1, 0.15) is 5.69 Å². The third-order valence-corrected chi connectivity index (χ3v) is 1.52. The van der Waals surface area contributed by atoms with Crippen molar-refractivity contribution in [2.75, 3.05) is 0 Å². The number of halogens is 2. The number of aliphatic hydroxyl groups excluding tert-OH is 1. The second-order valence-electron chi connectivity index (χ2n) is 2.49. The molecule has 0 amide bonds. The van der Waals surface area contributed by atoms with Gasteiger partial charge in [-0.1, -0.05) is 6.07 Å². The van der Waals surface area contributed by atoms with E-state index in [1.165, 1.54) is 18.3 Å². The zero-order valence-corrected chi connectivity index (χ0v) is 6.54. The van der Waals surface area contributed by atoms with Crippen LogP contribution in [0.5, 0.6) is 0 Å². The maximum absolute atomic E-state index is 12.0. The van der Waals surface area contributed by atoms with E-state index in [9.17, 15) is 8.78 Å². The van der Waals surface area contributed by atoms with Gasteiger partial charge in [-0.2, -0.15) is 0 Å². The minimum absolute atomic E-state index is 0.264. The summed E-state index contributed by atoms with van der Waals surface area (Å²) in [6, 6.07) is 2.66. The van der Waals surface area contributed by atoms with E-state index in [-0.39, 0.29) is 5.69 Å². The standard InChI is InChI=1S/C8H9F2NO/c1-5(12)6-2-3-7(8(9)10)11-4-6/h2-5,8,12H,1H3. The van der Waals surface area contributed by atoms with Gasteiger partial charge in [0.2, 0.25) is 0 Å². The summed E-state index contributed by atoms with van der Waals surface area (Å²) >= 11 is 0. The average Bonchev–Trinajstić information content (AvgIpc) is 2.04. The molecule has 4 heteroatoms. The van der Waals surface area contributed by atoms with Gasteiger partial charge in [0, 0.05) is 6.20 Å². The molecule has 2 nitrogen and oxygen atoms in total. The third kappa shape index (κ3) is 1.98. The Labute approximate surface area is 68.9 Å². The molecular weight excluding hydrogens is 164 g/mol. The Morgan fingerprint density at radius 1 is 1.42 bits per heavy atom. The molecule has 1 aromatic heterocycles. The second kappa shape index (κ2) is 3.58. The molecule has 12 heavy (non-hydrogen) atoms. The Balaban J connectivity index is 2.86. The molecule has 0 saturated carbocycles. The fourth-order valence-corrected chi connectivity index (χ4v) is 0.793. The molecule has 1 aromatic rings. The number of alkyl halides is 2. The molecule has 1 atom stereocenters. The van der Waals surface area contributed by atoms with Crippen LogP contribution in [-0.4, -0.2) is 10.1 Å². The zero-order chi connectivity index (χ0) is 9.14. The van der Waals surface area contributed by atoms with E-state index in [0.717, 1.165) is 0 Å². The van der Waals surface area contributed by atoms with E-state index >= 15 is 0 Å². The molecule has 0 bridgehead atoms. The van der Waals surface area contributed by atoms with Crippen LogP contribution in [-0.2, 0) is 0 Å². The van der Waals surface area contributed by atoms with Crippen LogP contribution in [0.3, 0.4) is 0 Å². The van der Waals surface area contributed by atoms with Crippen LogP contribution in [0, 0.1) is 0 Å². The summed E-state index contributed by atoms with van der Waals surface area (Å²) in [5.74, 6) is 0. The van der Waals surface area contributed by atoms with Crippen molar-refractivity contribution in [1.82, 2.24) is 4.98 Å². The predicted octanol–water partition coefficient (Wildman–Crippen LogP) is 2.07. The highest BCUT2D eigenvalue weighted by molar-refractivity contribution is 5.16. The average molecular weight is 173 g/mol. The summed E-state index contributed by atoms with van der Waals surface area (Å²) in [5.41, 5.74) is 0.277. The summed E-state index contributed by atoms with van der Waals surface area (Å²) in [4.78, 5) is 3.49. The fourth-order valence-electron chi connectivity index (χ4n) is 0.793. The van der Waals surface area contributed by atoms with Gasteiger partial charge in [-0.15, -0.1) is 0 Å². The lowest BCUT2D eigenvalue weighted by Crippen LogP contribution is -1.95. The minimum Gasteiger partial charge on any atom is -0.389 e. The van der Waals surface area contributed by atoms with Gasteiger partial charge in [0.05, 0.1) is 6.10 Å². The summed E-state index contributed by atoms with van der Waals surface area (Å²) in [5, 5.41) is 9.03.